The number of urea groups is 1. The van der Waals surface area contributed by atoms with Crippen LogP contribution < -0.4 is 20.1 Å². The maximum absolute atomic E-state index is 12.5. The number of carbonyl (C=O) groups is 1. The molecule has 0 aromatic heterocycles. The van der Waals surface area contributed by atoms with Gasteiger partial charge in [0.25, 0.3) is 0 Å². The van der Waals surface area contributed by atoms with E-state index in [9.17, 15) is 4.79 Å². The summed E-state index contributed by atoms with van der Waals surface area (Å²) in [6.45, 7) is 4.10. The maximum Gasteiger partial charge on any atom is 0.315 e. The van der Waals surface area contributed by atoms with Crippen molar-refractivity contribution in [2.75, 3.05) is 14.2 Å². The van der Waals surface area contributed by atoms with Crippen molar-refractivity contribution in [3.05, 3.63) is 59.7 Å². The van der Waals surface area contributed by atoms with Gasteiger partial charge in [-0.05, 0) is 48.2 Å². The first-order valence-electron chi connectivity index (χ1n) is 8.96. The first kappa shape index (κ1) is 19.6. The lowest BCUT2D eigenvalue weighted by Crippen LogP contribution is -2.39. The number of nitrogens with one attached hydrogen (secondary N) is 2. The van der Waals surface area contributed by atoms with Gasteiger partial charge in [0.1, 0.15) is 11.5 Å². The molecule has 2 atom stereocenters. The first-order valence-corrected chi connectivity index (χ1v) is 8.96. The van der Waals surface area contributed by atoms with E-state index in [2.05, 4.69) is 24.5 Å². The van der Waals surface area contributed by atoms with Crippen LogP contribution in [0.4, 0.5) is 4.79 Å². The number of ether oxygens (including phenoxy) is 2. The van der Waals surface area contributed by atoms with Crippen LogP contribution in [0.1, 0.15) is 49.9 Å². The van der Waals surface area contributed by atoms with Crippen molar-refractivity contribution in [2.24, 2.45) is 0 Å². The second-order valence-corrected chi connectivity index (χ2v) is 6.09. The summed E-state index contributed by atoms with van der Waals surface area (Å²) in [6.07, 6.45) is 1.61. The summed E-state index contributed by atoms with van der Waals surface area (Å²) in [4.78, 5) is 12.5. The summed E-state index contributed by atoms with van der Waals surface area (Å²) < 4.78 is 10.4. The van der Waals surface area contributed by atoms with Gasteiger partial charge < -0.3 is 20.1 Å². The normalized spacial score (nSPS) is 12.8. The van der Waals surface area contributed by atoms with Gasteiger partial charge in [-0.1, -0.05) is 38.1 Å². The van der Waals surface area contributed by atoms with Crippen molar-refractivity contribution in [3.63, 3.8) is 0 Å². The van der Waals surface area contributed by atoms with E-state index in [1.165, 1.54) is 0 Å². The van der Waals surface area contributed by atoms with Gasteiger partial charge in [0, 0.05) is 0 Å². The Morgan fingerprint density at radius 2 is 1.12 bits per heavy atom. The molecule has 26 heavy (non-hydrogen) atoms. The SMILES string of the molecule is CC[C@@H](NC(=O)N[C@H](CC)c1ccc(OC)cc1)c1ccc(OC)cc1. The molecule has 0 saturated carbocycles. The number of hydrogen-bond donors (Lipinski definition) is 2. The summed E-state index contributed by atoms with van der Waals surface area (Å²) >= 11 is 0. The van der Waals surface area contributed by atoms with Crippen LogP contribution in [0.25, 0.3) is 0 Å². The minimum Gasteiger partial charge on any atom is -0.497 e. The second kappa shape index (κ2) is 9.70. The lowest BCUT2D eigenvalue weighted by Gasteiger charge is -2.22. The van der Waals surface area contributed by atoms with Crippen molar-refractivity contribution >= 4 is 6.03 Å². The van der Waals surface area contributed by atoms with Crippen molar-refractivity contribution < 1.29 is 14.3 Å². The number of hydrogen-bond acceptors (Lipinski definition) is 3. The van der Waals surface area contributed by atoms with Gasteiger partial charge in [-0.3, -0.25) is 0 Å². The molecule has 2 aromatic rings. The highest BCUT2D eigenvalue weighted by molar-refractivity contribution is 5.75. The average Bonchev–Trinajstić information content (AvgIpc) is 2.70. The van der Waals surface area contributed by atoms with Crippen molar-refractivity contribution in [1.82, 2.24) is 10.6 Å². The molecule has 0 fully saturated rings. The predicted octanol–water partition coefficient (Wildman–Crippen LogP) is 4.61. The zero-order valence-electron chi connectivity index (χ0n) is 15.9. The Morgan fingerprint density at radius 3 is 1.38 bits per heavy atom. The van der Waals surface area contributed by atoms with Gasteiger partial charge in [-0.25, -0.2) is 4.79 Å². The summed E-state index contributed by atoms with van der Waals surface area (Å²) in [5.41, 5.74) is 2.11. The van der Waals surface area contributed by atoms with Gasteiger partial charge in [0.15, 0.2) is 0 Å². The molecule has 0 aliphatic carbocycles. The first-order chi connectivity index (χ1) is 12.6. The third kappa shape index (κ3) is 5.15. The lowest BCUT2D eigenvalue weighted by atomic mass is 10.0. The van der Waals surface area contributed by atoms with Crippen LogP contribution >= 0.6 is 0 Å². The third-order valence-corrected chi connectivity index (χ3v) is 4.46. The molecular formula is C21H28N2O3. The van der Waals surface area contributed by atoms with E-state index in [0.29, 0.717) is 0 Å². The highest BCUT2D eigenvalue weighted by atomic mass is 16.5. The molecule has 5 heteroatoms. The maximum atomic E-state index is 12.5. The molecule has 0 unspecified atom stereocenters. The molecule has 2 rings (SSSR count). The molecule has 0 aliphatic rings. The van der Waals surface area contributed by atoms with Crippen LogP contribution in [0, 0.1) is 0 Å². The topological polar surface area (TPSA) is 59.6 Å². The van der Waals surface area contributed by atoms with Crippen molar-refractivity contribution in [1.29, 1.82) is 0 Å². The molecule has 140 valence electrons. The minimum atomic E-state index is -0.171. The molecule has 0 radical (unpaired) electrons. The fraction of sp³-hybridized carbons (Fsp3) is 0.381. The summed E-state index contributed by atoms with van der Waals surface area (Å²) in [5.74, 6) is 1.61. The van der Waals surface area contributed by atoms with Crippen LogP contribution in [-0.2, 0) is 0 Å². The van der Waals surface area contributed by atoms with Crippen molar-refractivity contribution in [2.45, 2.75) is 38.8 Å². The highest BCUT2D eigenvalue weighted by Crippen LogP contribution is 2.22. The van der Waals surface area contributed by atoms with Gasteiger partial charge >= 0.3 is 6.03 Å². The van der Waals surface area contributed by atoms with Gasteiger partial charge in [-0.15, -0.1) is 0 Å². The second-order valence-electron chi connectivity index (χ2n) is 6.09. The smallest absolute Gasteiger partial charge is 0.315 e. The van der Waals surface area contributed by atoms with Crippen LogP contribution in [-0.4, -0.2) is 20.3 Å². The van der Waals surface area contributed by atoms with Crippen molar-refractivity contribution in [3.8, 4) is 11.5 Å². The highest BCUT2D eigenvalue weighted by Gasteiger charge is 2.16. The minimum absolute atomic E-state index is 0.0470. The van der Waals surface area contributed by atoms with E-state index >= 15 is 0 Å². The largest absolute Gasteiger partial charge is 0.497 e. The molecule has 0 spiro atoms. The van der Waals surface area contributed by atoms with E-state index in [0.717, 1.165) is 35.5 Å². The van der Waals surface area contributed by atoms with Gasteiger partial charge in [0.2, 0.25) is 0 Å². The Labute approximate surface area is 155 Å². The Morgan fingerprint density at radius 1 is 0.769 bits per heavy atom. The Kier molecular flexibility index (Phi) is 7.33. The van der Waals surface area contributed by atoms with Crippen LogP contribution in [0.15, 0.2) is 48.5 Å². The van der Waals surface area contributed by atoms with E-state index in [-0.39, 0.29) is 18.1 Å². The standard InChI is InChI=1S/C21H28N2O3/c1-5-19(15-7-11-17(25-3)12-8-15)22-21(24)23-20(6-2)16-9-13-18(26-4)14-10-16/h7-14,19-20H,5-6H2,1-4H3,(H2,22,23,24)/t19-,20-/m1/s1. The van der Waals surface area contributed by atoms with E-state index in [1.807, 2.05) is 48.5 Å². The number of benzene rings is 2. The Balaban J connectivity index is 2.01. The molecule has 5 nitrogen and oxygen atoms in total. The number of methoxy groups -OCH3 is 2. The monoisotopic (exact) mass is 356 g/mol. The molecule has 0 saturated heterocycles. The van der Waals surface area contributed by atoms with E-state index in [4.69, 9.17) is 9.47 Å². The Bertz CT molecular complexity index is 624. The quantitative estimate of drug-likeness (QED) is 0.726. The predicted molar refractivity (Wildman–Crippen MR) is 104 cm³/mol. The average molecular weight is 356 g/mol. The Hall–Kier alpha value is -2.69. The molecule has 0 bridgehead atoms. The summed E-state index contributed by atoms with van der Waals surface area (Å²) in [5, 5.41) is 6.12. The molecule has 2 aromatic carbocycles. The fourth-order valence-corrected chi connectivity index (χ4v) is 2.87. The molecule has 0 heterocycles. The molecule has 2 amide bonds. The van der Waals surface area contributed by atoms with E-state index in [1.54, 1.807) is 14.2 Å². The molecule has 0 aliphatic heterocycles. The van der Waals surface area contributed by atoms with Gasteiger partial charge in [-0.2, -0.15) is 0 Å². The van der Waals surface area contributed by atoms with Crippen LogP contribution in [0.3, 0.4) is 0 Å². The van der Waals surface area contributed by atoms with E-state index < -0.39 is 0 Å². The van der Waals surface area contributed by atoms with Crippen LogP contribution in [0.5, 0.6) is 11.5 Å². The number of rotatable bonds is 8. The zero-order valence-corrected chi connectivity index (χ0v) is 15.9. The summed E-state index contributed by atoms with van der Waals surface area (Å²) in [6, 6.07) is 15.3. The zero-order chi connectivity index (χ0) is 18.9. The molecular weight excluding hydrogens is 328 g/mol. The lowest BCUT2D eigenvalue weighted by molar-refractivity contribution is 0.232. The van der Waals surface area contributed by atoms with Gasteiger partial charge in [0.05, 0.1) is 26.3 Å². The van der Waals surface area contributed by atoms with Crippen LogP contribution in [0.2, 0.25) is 0 Å². The third-order valence-electron chi connectivity index (χ3n) is 4.46. The summed E-state index contributed by atoms with van der Waals surface area (Å²) in [7, 11) is 3.28. The molecule has 2 N–H and O–H groups in total. The number of amides is 2. The fourth-order valence-electron chi connectivity index (χ4n) is 2.87. The number of carbonyl (C=O) groups excluding carboxylic acids is 1.